The van der Waals surface area contributed by atoms with Crippen LogP contribution in [0.1, 0.15) is 52.4 Å². The number of ether oxygens (including phenoxy) is 1. The maximum Gasteiger partial charge on any atom is 0.336 e. The summed E-state index contributed by atoms with van der Waals surface area (Å²) in [6.45, 7) is 3.90. The maximum atomic E-state index is 11.3. The molecular weight excluding hydrogens is 204 g/mol. The molecular formula is C13H22O3. The van der Waals surface area contributed by atoms with Crippen LogP contribution in [-0.2, 0) is 9.53 Å². The summed E-state index contributed by atoms with van der Waals surface area (Å²) < 4.78 is 4.92. The topological polar surface area (TPSA) is 46.5 Å². The number of aliphatic hydroxyl groups excluding tert-OH is 1. The zero-order chi connectivity index (χ0) is 12.0. The fourth-order valence-electron chi connectivity index (χ4n) is 1.88. The van der Waals surface area contributed by atoms with E-state index in [1.54, 1.807) is 6.92 Å². The largest absolute Gasteiger partial charge is 0.456 e. The summed E-state index contributed by atoms with van der Waals surface area (Å²) in [7, 11) is 0. The first-order chi connectivity index (χ1) is 7.66. The molecule has 1 aliphatic rings. The third-order valence-electron chi connectivity index (χ3n) is 2.96. The Kier molecular flexibility index (Phi) is 5.53. The number of esters is 1. The molecule has 0 saturated carbocycles. The lowest BCUT2D eigenvalue weighted by Crippen LogP contribution is -2.17. The molecule has 0 unspecified atom stereocenters. The third-order valence-corrected chi connectivity index (χ3v) is 2.96. The van der Waals surface area contributed by atoms with Crippen molar-refractivity contribution in [2.45, 2.75) is 64.6 Å². The number of unbranched alkanes of at least 4 members (excludes halogenated alkanes) is 5. The van der Waals surface area contributed by atoms with Gasteiger partial charge in [0.15, 0.2) is 0 Å². The lowest BCUT2D eigenvalue weighted by Gasteiger charge is -2.04. The Morgan fingerprint density at radius 2 is 2.00 bits per heavy atom. The highest BCUT2D eigenvalue weighted by Gasteiger charge is 2.34. The second kappa shape index (κ2) is 6.69. The van der Waals surface area contributed by atoms with Crippen LogP contribution in [0.5, 0.6) is 0 Å². The minimum atomic E-state index is -0.733. The number of aliphatic hydroxyl groups is 1. The molecule has 1 rings (SSSR count). The Bertz CT molecular complexity index is 258. The van der Waals surface area contributed by atoms with Gasteiger partial charge in [0.25, 0.3) is 0 Å². The van der Waals surface area contributed by atoms with Gasteiger partial charge in [-0.25, -0.2) is 4.79 Å². The molecule has 92 valence electrons. The predicted molar refractivity (Wildman–Crippen MR) is 63.0 cm³/mol. The van der Waals surface area contributed by atoms with E-state index in [-0.39, 0.29) is 12.1 Å². The number of carbonyl (C=O) groups excluding carboxylic acids is 1. The number of carbonyl (C=O) groups is 1. The van der Waals surface area contributed by atoms with Gasteiger partial charge < -0.3 is 9.84 Å². The number of cyclic esters (lactones) is 1. The second-order valence-electron chi connectivity index (χ2n) is 4.42. The molecule has 0 aromatic rings. The Morgan fingerprint density at radius 1 is 1.31 bits per heavy atom. The molecule has 1 aliphatic heterocycles. The van der Waals surface area contributed by atoms with E-state index < -0.39 is 6.10 Å². The molecule has 3 heteroatoms. The number of allylic oxidation sites excluding steroid dienone is 1. The second-order valence-corrected chi connectivity index (χ2v) is 4.42. The zero-order valence-corrected chi connectivity index (χ0v) is 10.2. The first-order valence-corrected chi connectivity index (χ1v) is 6.26. The van der Waals surface area contributed by atoms with Gasteiger partial charge in [-0.15, -0.1) is 0 Å². The number of hydrogen-bond acceptors (Lipinski definition) is 3. The van der Waals surface area contributed by atoms with Crippen LogP contribution in [-0.4, -0.2) is 23.3 Å². The van der Waals surface area contributed by atoms with Crippen LogP contribution in [0.25, 0.3) is 0 Å². The van der Waals surface area contributed by atoms with Crippen molar-refractivity contribution in [3.8, 4) is 0 Å². The van der Waals surface area contributed by atoms with Gasteiger partial charge in [-0.05, 0) is 19.8 Å². The molecule has 16 heavy (non-hydrogen) atoms. The van der Waals surface area contributed by atoms with Gasteiger partial charge in [0.2, 0.25) is 0 Å². The summed E-state index contributed by atoms with van der Waals surface area (Å²) in [5.41, 5.74) is 0.447. The van der Waals surface area contributed by atoms with Gasteiger partial charge in [0.1, 0.15) is 12.2 Å². The minimum absolute atomic E-state index is 0.353. The first-order valence-electron chi connectivity index (χ1n) is 6.26. The fraction of sp³-hybridized carbons (Fsp3) is 0.769. The maximum absolute atomic E-state index is 11.3. The monoisotopic (exact) mass is 226 g/mol. The Hall–Kier alpha value is -0.830. The van der Waals surface area contributed by atoms with Crippen molar-refractivity contribution in [1.29, 1.82) is 0 Å². The van der Waals surface area contributed by atoms with Crippen molar-refractivity contribution < 1.29 is 14.6 Å². The quantitative estimate of drug-likeness (QED) is 0.430. The summed E-state index contributed by atoms with van der Waals surface area (Å²) >= 11 is 0. The molecule has 2 atom stereocenters. The summed E-state index contributed by atoms with van der Waals surface area (Å²) in [6.07, 6.45) is 7.61. The molecule has 1 saturated heterocycles. The van der Waals surface area contributed by atoms with Gasteiger partial charge in [0, 0.05) is 0 Å². The molecule has 0 aromatic heterocycles. The van der Waals surface area contributed by atoms with Gasteiger partial charge >= 0.3 is 5.97 Å². The molecule has 0 bridgehead atoms. The molecule has 0 aliphatic carbocycles. The lowest BCUT2D eigenvalue weighted by atomic mass is 10.1. The SMILES string of the molecule is CCCCCCC/C=C1/C(=O)O[C@@H](C)[C@H]1O. The average molecular weight is 226 g/mol. The van der Waals surface area contributed by atoms with E-state index in [9.17, 15) is 9.90 Å². The zero-order valence-electron chi connectivity index (χ0n) is 10.2. The van der Waals surface area contributed by atoms with Crippen LogP contribution in [0.15, 0.2) is 11.6 Å². The van der Waals surface area contributed by atoms with E-state index in [0.717, 1.165) is 12.8 Å². The average Bonchev–Trinajstić information content (AvgIpc) is 2.49. The van der Waals surface area contributed by atoms with Gasteiger partial charge in [-0.1, -0.05) is 38.7 Å². The molecule has 0 aromatic carbocycles. The highest BCUT2D eigenvalue weighted by Crippen LogP contribution is 2.21. The van der Waals surface area contributed by atoms with Crippen molar-refractivity contribution in [2.24, 2.45) is 0 Å². The van der Waals surface area contributed by atoms with E-state index in [1.807, 2.05) is 6.08 Å². The van der Waals surface area contributed by atoms with Crippen LogP contribution >= 0.6 is 0 Å². The van der Waals surface area contributed by atoms with E-state index in [0.29, 0.717) is 5.57 Å². The predicted octanol–water partition coefficient (Wildman–Crippen LogP) is 2.58. The van der Waals surface area contributed by atoms with Gasteiger partial charge in [-0.3, -0.25) is 0 Å². The van der Waals surface area contributed by atoms with Crippen LogP contribution in [0, 0.1) is 0 Å². The van der Waals surface area contributed by atoms with E-state index in [4.69, 9.17) is 4.74 Å². The van der Waals surface area contributed by atoms with E-state index in [2.05, 4.69) is 6.92 Å². The van der Waals surface area contributed by atoms with Gasteiger partial charge in [-0.2, -0.15) is 0 Å². The van der Waals surface area contributed by atoms with Crippen LogP contribution in [0.2, 0.25) is 0 Å². The Morgan fingerprint density at radius 3 is 2.56 bits per heavy atom. The van der Waals surface area contributed by atoms with Crippen molar-refractivity contribution in [3.05, 3.63) is 11.6 Å². The first kappa shape index (κ1) is 13.2. The molecule has 1 fully saturated rings. The molecule has 0 radical (unpaired) electrons. The summed E-state index contributed by atoms with van der Waals surface area (Å²) in [5.74, 6) is -0.353. The molecule has 3 nitrogen and oxygen atoms in total. The summed E-state index contributed by atoms with van der Waals surface area (Å²) in [6, 6.07) is 0. The van der Waals surface area contributed by atoms with Crippen molar-refractivity contribution >= 4 is 5.97 Å². The van der Waals surface area contributed by atoms with Crippen molar-refractivity contribution in [3.63, 3.8) is 0 Å². The van der Waals surface area contributed by atoms with Crippen molar-refractivity contribution in [2.75, 3.05) is 0 Å². The number of hydrogen-bond donors (Lipinski definition) is 1. The standard InChI is InChI=1S/C13H22O3/c1-3-4-5-6-7-8-9-11-12(14)10(2)16-13(11)15/h9-10,12,14H,3-8H2,1-2H3/b11-9+/t10-,12+/m0/s1. The normalized spacial score (nSPS) is 27.4. The summed E-state index contributed by atoms with van der Waals surface area (Å²) in [5, 5.41) is 9.65. The summed E-state index contributed by atoms with van der Waals surface area (Å²) in [4.78, 5) is 11.3. The number of rotatable bonds is 6. The third kappa shape index (κ3) is 3.63. The highest BCUT2D eigenvalue weighted by atomic mass is 16.6. The molecule has 1 heterocycles. The molecule has 0 amide bonds. The molecule has 0 spiro atoms. The van der Waals surface area contributed by atoms with Crippen molar-refractivity contribution in [1.82, 2.24) is 0 Å². The minimum Gasteiger partial charge on any atom is -0.456 e. The fourth-order valence-corrected chi connectivity index (χ4v) is 1.88. The van der Waals surface area contributed by atoms with Crippen LogP contribution < -0.4 is 0 Å². The lowest BCUT2D eigenvalue weighted by molar-refractivity contribution is -0.138. The van der Waals surface area contributed by atoms with E-state index in [1.165, 1.54) is 25.7 Å². The molecule has 1 N–H and O–H groups in total. The van der Waals surface area contributed by atoms with Gasteiger partial charge in [0.05, 0.1) is 5.57 Å². The van der Waals surface area contributed by atoms with Crippen LogP contribution in [0.3, 0.4) is 0 Å². The Balaban J connectivity index is 2.26. The van der Waals surface area contributed by atoms with E-state index >= 15 is 0 Å². The smallest absolute Gasteiger partial charge is 0.336 e. The highest BCUT2D eigenvalue weighted by molar-refractivity contribution is 5.92. The Labute approximate surface area is 97.5 Å². The van der Waals surface area contributed by atoms with Crippen LogP contribution in [0.4, 0.5) is 0 Å².